The molecule has 3 rings (SSSR count). The van der Waals surface area contributed by atoms with Gasteiger partial charge in [0.05, 0.1) is 11.4 Å². The smallest absolute Gasteiger partial charge is 0.355 e. The monoisotopic (exact) mass is 312 g/mol. The zero-order chi connectivity index (χ0) is 15.4. The molecule has 0 spiro atoms. The normalized spacial score (nSPS) is 10.6. The summed E-state index contributed by atoms with van der Waals surface area (Å²) in [6.07, 6.45) is 1.84. The minimum atomic E-state index is -0.352. The van der Waals surface area contributed by atoms with Gasteiger partial charge in [0, 0.05) is 6.07 Å². The maximum absolute atomic E-state index is 12.2. The van der Waals surface area contributed by atoms with Crippen molar-refractivity contribution >= 4 is 17.3 Å². The van der Waals surface area contributed by atoms with E-state index in [-0.39, 0.29) is 5.97 Å². The number of aryl methyl sites for hydroxylation is 1. The van der Waals surface area contributed by atoms with E-state index in [4.69, 9.17) is 4.74 Å². The van der Waals surface area contributed by atoms with Crippen molar-refractivity contribution in [3.8, 4) is 11.6 Å². The molecule has 2 aromatic heterocycles. The number of carbonyl (C=O) groups excluding carboxylic acids is 1. The molecule has 2 heterocycles. The quantitative estimate of drug-likeness (QED) is 0.666. The summed E-state index contributed by atoms with van der Waals surface area (Å²) in [5, 5.41) is 6.40. The number of aromatic nitrogens is 2. The van der Waals surface area contributed by atoms with Gasteiger partial charge in [-0.05, 0) is 30.0 Å². The second-order valence-electron chi connectivity index (χ2n) is 4.84. The van der Waals surface area contributed by atoms with E-state index in [1.165, 1.54) is 11.3 Å². The first-order chi connectivity index (χ1) is 10.8. The van der Waals surface area contributed by atoms with E-state index in [9.17, 15) is 4.79 Å². The van der Waals surface area contributed by atoms with Gasteiger partial charge in [-0.15, -0.1) is 11.3 Å². The molecule has 0 radical (unpaired) electrons. The Bertz CT molecular complexity index is 748. The molecular formula is C17H16N2O2S. The number of para-hydroxylation sites is 1. The SMILES string of the molecule is CCCc1cc(OC(=O)c2cccs2)n(-c2ccccc2)n1. The van der Waals surface area contributed by atoms with Crippen LogP contribution in [0.4, 0.5) is 0 Å². The van der Waals surface area contributed by atoms with Gasteiger partial charge in [-0.1, -0.05) is 37.6 Å². The maximum Gasteiger partial charge on any atom is 0.355 e. The molecule has 0 saturated heterocycles. The van der Waals surface area contributed by atoms with Crippen LogP contribution in [0.3, 0.4) is 0 Å². The van der Waals surface area contributed by atoms with Gasteiger partial charge in [-0.3, -0.25) is 0 Å². The van der Waals surface area contributed by atoms with Crippen LogP contribution in [0.1, 0.15) is 28.7 Å². The van der Waals surface area contributed by atoms with Crippen LogP contribution < -0.4 is 4.74 Å². The summed E-state index contributed by atoms with van der Waals surface area (Å²) in [6.45, 7) is 2.10. The van der Waals surface area contributed by atoms with Gasteiger partial charge in [-0.2, -0.15) is 5.10 Å². The first kappa shape index (κ1) is 14.5. The van der Waals surface area contributed by atoms with E-state index in [0.29, 0.717) is 10.8 Å². The predicted molar refractivity (Wildman–Crippen MR) is 86.8 cm³/mol. The fourth-order valence-corrected chi connectivity index (χ4v) is 2.75. The first-order valence-corrected chi connectivity index (χ1v) is 8.06. The summed E-state index contributed by atoms with van der Waals surface area (Å²) in [5.74, 6) is 0.100. The van der Waals surface area contributed by atoms with Crippen molar-refractivity contribution in [3.63, 3.8) is 0 Å². The molecule has 0 fully saturated rings. The molecule has 0 amide bonds. The van der Waals surface area contributed by atoms with Crippen molar-refractivity contribution < 1.29 is 9.53 Å². The number of esters is 1. The molecule has 112 valence electrons. The van der Waals surface area contributed by atoms with Crippen LogP contribution in [0, 0.1) is 0 Å². The Hall–Kier alpha value is -2.40. The fourth-order valence-electron chi connectivity index (χ4n) is 2.16. The number of carbonyl (C=O) groups is 1. The Kier molecular flexibility index (Phi) is 4.34. The standard InChI is InChI=1S/C17H16N2O2S/c1-2-7-13-12-16(21-17(20)15-10-6-11-22-15)19(18-13)14-8-4-3-5-9-14/h3-6,8-12H,2,7H2,1H3. The minimum absolute atomic E-state index is 0.352. The number of hydrogen-bond donors (Lipinski definition) is 0. The molecular weight excluding hydrogens is 296 g/mol. The lowest BCUT2D eigenvalue weighted by Gasteiger charge is -2.06. The average molecular weight is 312 g/mol. The largest absolute Gasteiger partial charge is 0.403 e. The second-order valence-corrected chi connectivity index (χ2v) is 5.79. The van der Waals surface area contributed by atoms with Crippen LogP contribution >= 0.6 is 11.3 Å². The van der Waals surface area contributed by atoms with Crippen molar-refractivity contribution in [2.45, 2.75) is 19.8 Å². The highest BCUT2D eigenvalue weighted by Crippen LogP contribution is 2.22. The highest BCUT2D eigenvalue weighted by Gasteiger charge is 2.16. The van der Waals surface area contributed by atoms with Crippen molar-refractivity contribution in [1.29, 1.82) is 0 Å². The van der Waals surface area contributed by atoms with Crippen molar-refractivity contribution in [1.82, 2.24) is 9.78 Å². The second kappa shape index (κ2) is 6.58. The molecule has 0 saturated carbocycles. The van der Waals surface area contributed by atoms with Crippen LogP contribution in [0.15, 0.2) is 53.9 Å². The van der Waals surface area contributed by atoms with Crippen LogP contribution in [-0.4, -0.2) is 15.7 Å². The molecule has 0 unspecified atom stereocenters. The van der Waals surface area contributed by atoms with E-state index in [1.807, 2.05) is 47.8 Å². The van der Waals surface area contributed by atoms with Gasteiger partial charge in [0.1, 0.15) is 4.88 Å². The lowest BCUT2D eigenvalue weighted by Crippen LogP contribution is -2.10. The topological polar surface area (TPSA) is 44.1 Å². The van der Waals surface area contributed by atoms with E-state index in [0.717, 1.165) is 24.2 Å². The summed E-state index contributed by atoms with van der Waals surface area (Å²) < 4.78 is 7.22. The molecule has 3 aromatic rings. The molecule has 1 aromatic carbocycles. The molecule has 5 heteroatoms. The zero-order valence-electron chi connectivity index (χ0n) is 12.2. The molecule has 0 aliphatic heterocycles. The molecule has 4 nitrogen and oxygen atoms in total. The Balaban J connectivity index is 1.93. The molecule has 0 N–H and O–H groups in total. The van der Waals surface area contributed by atoms with Crippen molar-refractivity contribution in [2.75, 3.05) is 0 Å². The fraction of sp³-hybridized carbons (Fsp3) is 0.176. The summed E-state index contributed by atoms with van der Waals surface area (Å²) in [4.78, 5) is 12.8. The Morgan fingerprint density at radius 1 is 1.23 bits per heavy atom. The summed E-state index contributed by atoms with van der Waals surface area (Å²) in [6, 6.07) is 15.1. The molecule has 0 aliphatic rings. The van der Waals surface area contributed by atoms with Crippen LogP contribution in [-0.2, 0) is 6.42 Å². The lowest BCUT2D eigenvalue weighted by molar-refractivity contribution is 0.0728. The molecule has 0 atom stereocenters. The van der Waals surface area contributed by atoms with E-state index >= 15 is 0 Å². The first-order valence-electron chi connectivity index (χ1n) is 7.18. The Labute approximate surface area is 133 Å². The summed E-state index contributed by atoms with van der Waals surface area (Å²) in [5.41, 5.74) is 1.79. The summed E-state index contributed by atoms with van der Waals surface area (Å²) >= 11 is 1.36. The number of hydrogen-bond acceptors (Lipinski definition) is 4. The van der Waals surface area contributed by atoms with Crippen LogP contribution in [0.5, 0.6) is 5.88 Å². The van der Waals surface area contributed by atoms with Gasteiger partial charge in [0.25, 0.3) is 0 Å². The third kappa shape index (κ3) is 3.09. The predicted octanol–water partition coefficient (Wildman–Crippen LogP) is 4.11. The number of nitrogens with zero attached hydrogens (tertiary/aromatic N) is 2. The van der Waals surface area contributed by atoms with Crippen molar-refractivity contribution in [3.05, 3.63) is 64.5 Å². The Morgan fingerprint density at radius 3 is 2.73 bits per heavy atom. The van der Waals surface area contributed by atoms with Crippen LogP contribution in [0.25, 0.3) is 5.69 Å². The van der Waals surface area contributed by atoms with Gasteiger partial charge >= 0.3 is 5.97 Å². The molecule has 0 bridgehead atoms. The van der Waals surface area contributed by atoms with Gasteiger partial charge in [-0.25, -0.2) is 9.48 Å². The highest BCUT2D eigenvalue weighted by molar-refractivity contribution is 7.12. The van der Waals surface area contributed by atoms with Gasteiger partial charge in [0.15, 0.2) is 0 Å². The molecule has 22 heavy (non-hydrogen) atoms. The summed E-state index contributed by atoms with van der Waals surface area (Å²) in [7, 11) is 0. The van der Waals surface area contributed by atoms with E-state index in [2.05, 4.69) is 12.0 Å². The van der Waals surface area contributed by atoms with E-state index in [1.54, 1.807) is 10.7 Å². The number of thiophene rings is 1. The molecule has 0 aliphatic carbocycles. The lowest BCUT2D eigenvalue weighted by atomic mass is 10.2. The average Bonchev–Trinajstić information content (AvgIpc) is 3.18. The highest BCUT2D eigenvalue weighted by atomic mass is 32.1. The number of benzene rings is 1. The maximum atomic E-state index is 12.2. The zero-order valence-corrected chi connectivity index (χ0v) is 13.0. The number of rotatable bonds is 5. The third-order valence-corrected chi connectivity index (χ3v) is 4.00. The van der Waals surface area contributed by atoms with Gasteiger partial charge < -0.3 is 4.74 Å². The van der Waals surface area contributed by atoms with E-state index < -0.39 is 0 Å². The van der Waals surface area contributed by atoms with Gasteiger partial charge in [0.2, 0.25) is 5.88 Å². The van der Waals surface area contributed by atoms with Crippen molar-refractivity contribution in [2.24, 2.45) is 0 Å². The minimum Gasteiger partial charge on any atom is -0.403 e. The van der Waals surface area contributed by atoms with Crippen LogP contribution in [0.2, 0.25) is 0 Å². The Morgan fingerprint density at radius 2 is 2.05 bits per heavy atom. The number of ether oxygens (including phenoxy) is 1. The third-order valence-electron chi connectivity index (χ3n) is 3.15.